The van der Waals surface area contributed by atoms with Gasteiger partial charge in [-0.15, -0.1) is 0 Å². The molecule has 2 aliphatic rings. The first-order valence-corrected chi connectivity index (χ1v) is 13.3. The Balaban J connectivity index is 1.22. The van der Waals surface area contributed by atoms with Crippen LogP contribution in [0.1, 0.15) is 71.8 Å². The highest BCUT2D eigenvalue weighted by Crippen LogP contribution is 2.46. The van der Waals surface area contributed by atoms with Gasteiger partial charge in [-0.25, -0.2) is 9.78 Å². The topological polar surface area (TPSA) is 98.3 Å². The first-order chi connectivity index (χ1) is 18.6. The van der Waals surface area contributed by atoms with E-state index in [9.17, 15) is 18.0 Å². The van der Waals surface area contributed by atoms with Crippen LogP contribution in [0.5, 0.6) is 5.75 Å². The van der Waals surface area contributed by atoms with Gasteiger partial charge in [0.1, 0.15) is 17.2 Å². The van der Waals surface area contributed by atoms with E-state index in [1.54, 1.807) is 0 Å². The Hall–Kier alpha value is -3.11. The maximum Gasteiger partial charge on any atom is 0.418 e. The van der Waals surface area contributed by atoms with Gasteiger partial charge in [0, 0.05) is 29.4 Å². The number of carbonyl (C=O) groups is 1. The van der Waals surface area contributed by atoms with Gasteiger partial charge >= 0.3 is 12.1 Å². The number of pyridine rings is 2. The summed E-state index contributed by atoms with van der Waals surface area (Å²) in [7, 11) is 0. The number of ether oxygens (including phenoxy) is 1. The van der Waals surface area contributed by atoms with Gasteiger partial charge in [0.15, 0.2) is 5.69 Å². The van der Waals surface area contributed by atoms with Gasteiger partial charge in [0.2, 0.25) is 0 Å². The molecule has 0 amide bonds. The molecule has 2 saturated carbocycles. The largest absolute Gasteiger partial charge is 0.492 e. The fourth-order valence-corrected chi connectivity index (χ4v) is 5.38. The molecule has 39 heavy (non-hydrogen) atoms. The molecular weight excluding hydrogens is 558 g/mol. The molecule has 0 aliphatic heterocycles. The third-order valence-corrected chi connectivity index (χ3v) is 7.65. The summed E-state index contributed by atoms with van der Waals surface area (Å²) >= 11 is 12.8. The van der Waals surface area contributed by atoms with E-state index in [1.807, 2.05) is 6.08 Å². The monoisotopic (exact) mass is 581 g/mol. The summed E-state index contributed by atoms with van der Waals surface area (Å²) in [5.74, 6) is -0.230. The molecule has 2 fully saturated rings. The lowest BCUT2D eigenvalue weighted by Gasteiger charge is -2.26. The molecule has 0 bridgehead atoms. The second kappa shape index (κ2) is 11.2. The van der Waals surface area contributed by atoms with Crippen molar-refractivity contribution in [1.82, 2.24) is 15.1 Å². The van der Waals surface area contributed by atoms with Crippen molar-refractivity contribution in [2.75, 3.05) is 6.61 Å². The van der Waals surface area contributed by atoms with Crippen molar-refractivity contribution >= 4 is 35.2 Å². The fraction of sp³-hybridized carbons (Fsp3) is 0.407. The lowest BCUT2D eigenvalue weighted by Crippen LogP contribution is -2.20. The number of carboxylic acids is 1. The molecule has 0 atom stereocenters. The van der Waals surface area contributed by atoms with Gasteiger partial charge in [-0.05, 0) is 56.4 Å². The molecule has 206 valence electrons. The summed E-state index contributed by atoms with van der Waals surface area (Å²) in [6.45, 7) is 0.225. The molecule has 0 spiro atoms. The van der Waals surface area contributed by atoms with E-state index >= 15 is 0 Å². The van der Waals surface area contributed by atoms with E-state index < -0.39 is 23.4 Å². The summed E-state index contributed by atoms with van der Waals surface area (Å²) in [6.07, 6.45) is 8.88. The summed E-state index contributed by atoms with van der Waals surface area (Å²) in [6, 6.07) is 0.695. The average Bonchev–Trinajstić information content (AvgIpc) is 3.66. The molecule has 0 unspecified atom stereocenters. The number of allylic oxidation sites excluding steroid dienone is 1. The number of rotatable bonds is 8. The summed E-state index contributed by atoms with van der Waals surface area (Å²) in [5, 5.41) is 14.1. The summed E-state index contributed by atoms with van der Waals surface area (Å²) in [4.78, 5) is 18.5. The van der Waals surface area contributed by atoms with E-state index in [4.69, 9.17) is 37.6 Å². The fourth-order valence-electron chi connectivity index (χ4n) is 4.83. The van der Waals surface area contributed by atoms with Crippen LogP contribution < -0.4 is 4.74 Å². The highest BCUT2D eigenvalue weighted by Gasteiger charge is 2.37. The number of nitrogens with zero attached hydrogens (tertiary/aromatic N) is 3. The molecule has 0 radical (unpaired) electrons. The average molecular weight is 582 g/mol. The lowest BCUT2D eigenvalue weighted by atomic mass is 9.82. The van der Waals surface area contributed by atoms with Crippen molar-refractivity contribution in [2.24, 2.45) is 11.8 Å². The Morgan fingerprint density at radius 3 is 2.41 bits per heavy atom. The zero-order valence-corrected chi connectivity index (χ0v) is 22.1. The molecule has 1 N–H and O–H groups in total. The van der Waals surface area contributed by atoms with E-state index in [0.717, 1.165) is 56.0 Å². The maximum absolute atomic E-state index is 13.2. The standard InChI is InChI=1S/C27H24Cl2F3N3O4/c28-20-11-33-12-21(29)22(20)23-18(25(39-35-23)16-6-7-16)8-5-14-1-3-15(4-2-14)13-38-17-9-19(27(30,31)32)24(26(36)37)34-10-17/h5,8-12,14-16H,1-4,6-7,13H2,(H,36,37)/b8-5+. The number of halogens is 5. The lowest BCUT2D eigenvalue weighted by molar-refractivity contribution is -0.138. The van der Waals surface area contributed by atoms with Crippen molar-refractivity contribution in [3.63, 3.8) is 0 Å². The number of hydrogen-bond donors (Lipinski definition) is 1. The zero-order valence-electron chi connectivity index (χ0n) is 20.5. The number of alkyl halides is 3. The molecule has 5 rings (SSSR count). The van der Waals surface area contributed by atoms with Crippen LogP contribution in [0.4, 0.5) is 13.2 Å². The van der Waals surface area contributed by atoms with Crippen LogP contribution in [0.15, 0.2) is 35.3 Å². The zero-order chi connectivity index (χ0) is 27.7. The van der Waals surface area contributed by atoms with Crippen LogP contribution in [0.2, 0.25) is 10.0 Å². The maximum atomic E-state index is 13.2. The molecule has 3 aromatic heterocycles. The second-order valence-electron chi connectivity index (χ2n) is 9.88. The van der Waals surface area contributed by atoms with Gasteiger partial charge in [0.05, 0.1) is 28.4 Å². The van der Waals surface area contributed by atoms with Gasteiger partial charge in [-0.1, -0.05) is 40.5 Å². The molecule has 2 aliphatic carbocycles. The van der Waals surface area contributed by atoms with Crippen LogP contribution in [0.3, 0.4) is 0 Å². The summed E-state index contributed by atoms with van der Waals surface area (Å²) in [5.41, 5.74) is -0.320. The van der Waals surface area contributed by atoms with Gasteiger partial charge in [0.25, 0.3) is 0 Å². The Kier molecular flexibility index (Phi) is 7.87. The van der Waals surface area contributed by atoms with E-state index in [0.29, 0.717) is 39.2 Å². The van der Waals surface area contributed by atoms with E-state index in [-0.39, 0.29) is 18.3 Å². The predicted molar refractivity (Wildman–Crippen MR) is 138 cm³/mol. The van der Waals surface area contributed by atoms with Crippen LogP contribution in [0, 0.1) is 11.8 Å². The van der Waals surface area contributed by atoms with Crippen LogP contribution in [-0.2, 0) is 6.18 Å². The third kappa shape index (κ3) is 6.22. The highest BCUT2D eigenvalue weighted by atomic mass is 35.5. The Morgan fingerprint density at radius 1 is 1.10 bits per heavy atom. The van der Waals surface area contributed by atoms with Crippen LogP contribution in [-0.4, -0.2) is 32.8 Å². The molecular formula is C27H24Cl2F3N3O4. The Labute approximate surface area is 232 Å². The van der Waals surface area contributed by atoms with Gasteiger partial charge in [-0.3, -0.25) is 4.98 Å². The second-order valence-corrected chi connectivity index (χ2v) is 10.7. The van der Waals surface area contributed by atoms with Crippen molar-refractivity contribution < 1.29 is 32.3 Å². The van der Waals surface area contributed by atoms with Crippen molar-refractivity contribution in [2.45, 2.75) is 50.6 Å². The number of hydrogen-bond acceptors (Lipinski definition) is 6. The molecule has 3 aromatic rings. The minimum atomic E-state index is -4.84. The predicted octanol–water partition coefficient (Wildman–Crippen LogP) is 7.93. The number of aromatic nitrogens is 3. The van der Waals surface area contributed by atoms with Gasteiger partial charge < -0.3 is 14.4 Å². The summed E-state index contributed by atoms with van der Waals surface area (Å²) < 4.78 is 51.0. The number of carboxylic acid groups (broad SMARTS) is 1. The first-order valence-electron chi connectivity index (χ1n) is 12.5. The Bertz CT molecular complexity index is 1380. The van der Waals surface area contributed by atoms with E-state index in [1.165, 1.54) is 12.4 Å². The molecule has 0 aromatic carbocycles. The number of aromatic carboxylic acids is 1. The SMILES string of the molecule is O=C(O)c1ncc(OCC2CCC(/C=C/c3c(-c4c(Cl)cncc4Cl)noc3C3CC3)CC2)cc1C(F)(F)F. The normalized spacial score (nSPS) is 19.9. The van der Waals surface area contributed by atoms with Crippen molar-refractivity contribution in [1.29, 1.82) is 0 Å². The van der Waals surface area contributed by atoms with Crippen molar-refractivity contribution in [3.8, 4) is 17.0 Å². The van der Waals surface area contributed by atoms with Gasteiger partial charge in [-0.2, -0.15) is 13.2 Å². The minimum Gasteiger partial charge on any atom is -0.492 e. The quantitative estimate of drug-likeness (QED) is 0.288. The highest BCUT2D eigenvalue weighted by molar-refractivity contribution is 6.39. The molecule has 3 heterocycles. The van der Waals surface area contributed by atoms with E-state index in [2.05, 4.69) is 21.2 Å². The minimum absolute atomic E-state index is 0.102. The smallest absolute Gasteiger partial charge is 0.418 e. The van der Waals surface area contributed by atoms with Crippen molar-refractivity contribution in [3.05, 3.63) is 63.4 Å². The Morgan fingerprint density at radius 2 is 1.79 bits per heavy atom. The molecule has 7 nitrogen and oxygen atoms in total. The molecule has 12 heteroatoms. The van der Waals surface area contributed by atoms with Crippen LogP contribution in [0.25, 0.3) is 17.3 Å². The molecule has 0 saturated heterocycles. The third-order valence-electron chi connectivity index (χ3n) is 7.08. The first kappa shape index (κ1) is 27.5. The van der Waals surface area contributed by atoms with Crippen LogP contribution >= 0.6 is 23.2 Å².